The van der Waals surface area contributed by atoms with Gasteiger partial charge in [0, 0.05) is 24.7 Å². The van der Waals surface area contributed by atoms with Gasteiger partial charge in [-0.25, -0.2) is 0 Å². The summed E-state index contributed by atoms with van der Waals surface area (Å²) in [6.07, 6.45) is -4.06. The Morgan fingerprint density at radius 1 is 1.29 bits per heavy atom. The molecule has 84 valence electrons. The van der Waals surface area contributed by atoms with Crippen molar-refractivity contribution in [2.45, 2.75) is 31.9 Å². The first-order chi connectivity index (χ1) is 6.45. The van der Waals surface area contributed by atoms with Crippen molar-refractivity contribution in [3.63, 3.8) is 0 Å². The third-order valence-electron chi connectivity index (χ3n) is 1.53. The molecule has 0 aromatic heterocycles. The summed E-state index contributed by atoms with van der Waals surface area (Å²) in [5.74, 6) is -0.131. The summed E-state index contributed by atoms with van der Waals surface area (Å²) in [4.78, 5) is 10.8. The van der Waals surface area contributed by atoms with Crippen molar-refractivity contribution in [2.75, 3.05) is 11.9 Å². The second-order valence-corrected chi connectivity index (χ2v) is 3.65. The summed E-state index contributed by atoms with van der Waals surface area (Å²) in [5.41, 5.74) is 0. The SMILES string of the molecule is O=C(CCBr)NCCCCC(F)(F)F. The fourth-order valence-electron chi connectivity index (χ4n) is 0.852. The van der Waals surface area contributed by atoms with E-state index in [0.717, 1.165) is 0 Å². The van der Waals surface area contributed by atoms with Crippen molar-refractivity contribution >= 4 is 21.8 Å². The molecule has 0 fully saturated rings. The Hall–Kier alpha value is -0.260. The van der Waals surface area contributed by atoms with Gasteiger partial charge in [-0.3, -0.25) is 4.79 Å². The average molecular weight is 276 g/mol. The monoisotopic (exact) mass is 275 g/mol. The van der Waals surface area contributed by atoms with E-state index in [1.54, 1.807) is 0 Å². The lowest BCUT2D eigenvalue weighted by molar-refractivity contribution is -0.135. The first-order valence-corrected chi connectivity index (χ1v) is 5.47. The van der Waals surface area contributed by atoms with Crippen molar-refractivity contribution in [1.29, 1.82) is 0 Å². The summed E-state index contributed by atoms with van der Waals surface area (Å²) in [5, 5.41) is 3.10. The van der Waals surface area contributed by atoms with E-state index < -0.39 is 12.6 Å². The number of unbranched alkanes of at least 4 members (excludes halogenated alkanes) is 1. The normalized spacial score (nSPS) is 11.4. The summed E-state index contributed by atoms with van der Waals surface area (Å²) >= 11 is 3.09. The Labute approximate surface area is 89.4 Å². The Balaban J connectivity index is 3.26. The molecule has 6 heteroatoms. The summed E-state index contributed by atoms with van der Waals surface area (Å²) < 4.78 is 35.0. The molecule has 2 nitrogen and oxygen atoms in total. The van der Waals surface area contributed by atoms with Gasteiger partial charge in [0.15, 0.2) is 0 Å². The lowest BCUT2D eigenvalue weighted by atomic mass is 10.2. The highest BCUT2D eigenvalue weighted by atomic mass is 79.9. The van der Waals surface area contributed by atoms with Crippen LogP contribution in [-0.2, 0) is 4.79 Å². The molecule has 0 aromatic rings. The van der Waals surface area contributed by atoms with E-state index in [-0.39, 0.29) is 12.3 Å². The van der Waals surface area contributed by atoms with E-state index in [9.17, 15) is 18.0 Å². The zero-order chi connectivity index (χ0) is 11.0. The van der Waals surface area contributed by atoms with E-state index >= 15 is 0 Å². The number of hydrogen-bond acceptors (Lipinski definition) is 1. The maximum absolute atomic E-state index is 11.7. The van der Waals surface area contributed by atoms with Crippen LogP contribution in [0.15, 0.2) is 0 Å². The molecule has 0 saturated carbocycles. The van der Waals surface area contributed by atoms with E-state index in [2.05, 4.69) is 21.2 Å². The van der Waals surface area contributed by atoms with Gasteiger partial charge < -0.3 is 5.32 Å². The highest BCUT2D eigenvalue weighted by Crippen LogP contribution is 2.21. The molecule has 0 rings (SSSR count). The molecule has 0 atom stereocenters. The van der Waals surface area contributed by atoms with Crippen LogP contribution in [0, 0.1) is 0 Å². The lowest BCUT2D eigenvalue weighted by Gasteiger charge is -2.06. The van der Waals surface area contributed by atoms with Gasteiger partial charge in [-0.1, -0.05) is 15.9 Å². The van der Waals surface area contributed by atoms with E-state index in [1.165, 1.54) is 0 Å². The number of carbonyl (C=O) groups excluding carboxylic acids is 1. The fourth-order valence-corrected chi connectivity index (χ4v) is 1.21. The number of alkyl halides is 4. The van der Waals surface area contributed by atoms with Gasteiger partial charge in [-0.05, 0) is 12.8 Å². The van der Waals surface area contributed by atoms with Crippen molar-refractivity contribution in [2.24, 2.45) is 0 Å². The summed E-state index contributed by atoms with van der Waals surface area (Å²) in [6, 6.07) is 0. The minimum atomic E-state index is -4.08. The van der Waals surface area contributed by atoms with Crippen molar-refractivity contribution in [3.05, 3.63) is 0 Å². The number of nitrogens with one attached hydrogen (secondary N) is 1. The number of halogens is 4. The fraction of sp³-hybridized carbons (Fsp3) is 0.875. The van der Waals surface area contributed by atoms with Crippen LogP contribution in [0.4, 0.5) is 13.2 Å². The molecule has 0 radical (unpaired) electrons. The molecule has 0 spiro atoms. The van der Waals surface area contributed by atoms with Gasteiger partial charge in [0.2, 0.25) is 5.91 Å². The minimum absolute atomic E-state index is 0.0676. The van der Waals surface area contributed by atoms with Crippen LogP contribution >= 0.6 is 15.9 Å². The second-order valence-electron chi connectivity index (χ2n) is 2.86. The topological polar surface area (TPSA) is 29.1 Å². The molecule has 0 unspecified atom stereocenters. The highest BCUT2D eigenvalue weighted by molar-refractivity contribution is 9.09. The Kier molecular flexibility index (Phi) is 6.96. The molecule has 1 N–H and O–H groups in total. The molecule has 0 bridgehead atoms. The quantitative estimate of drug-likeness (QED) is 0.586. The number of hydrogen-bond donors (Lipinski definition) is 1. The van der Waals surface area contributed by atoms with Crippen molar-refractivity contribution in [3.8, 4) is 0 Å². The van der Waals surface area contributed by atoms with Gasteiger partial charge in [0.05, 0.1) is 0 Å². The largest absolute Gasteiger partial charge is 0.389 e. The van der Waals surface area contributed by atoms with Crippen LogP contribution in [0.25, 0.3) is 0 Å². The van der Waals surface area contributed by atoms with E-state index in [4.69, 9.17) is 0 Å². The van der Waals surface area contributed by atoms with Crippen LogP contribution in [0.5, 0.6) is 0 Å². The molecule has 0 aliphatic carbocycles. The van der Waals surface area contributed by atoms with Gasteiger partial charge >= 0.3 is 6.18 Å². The minimum Gasteiger partial charge on any atom is -0.356 e. The predicted octanol–water partition coefficient (Wildman–Crippen LogP) is 2.62. The average Bonchev–Trinajstić information content (AvgIpc) is 2.02. The lowest BCUT2D eigenvalue weighted by Crippen LogP contribution is -2.24. The summed E-state index contributed by atoms with van der Waals surface area (Å²) in [7, 11) is 0. The van der Waals surface area contributed by atoms with Gasteiger partial charge in [-0.2, -0.15) is 13.2 Å². The predicted molar refractivity (Wildman–Crippen MR) is 51.3 cm³/mol. The maximum atomic E-state index is 11.7. The van der Waals surface area contributed by atoms with E-state index in [1.807, 2.05) is 0 Å². The second kappa shape index (κ2) is 7.09. The van der Waals surface area contributed by atoms with Gasteiger partial charge in [-0.15, -0.1) is 0 Å². The van der Waals surface area contributed by atoms with Crippen LogP contribution in [0.2, 0.25) is 0 Å². The van der Waals surface area contributed by atoms with Crippen LogP contribution in [0.3, 0.4) is 0 Å². The first kappa shape index (κ1) is 13.7. The maximum Gasteiger partial charge on any atom is 0.389 e. The van der Waals surface area contributed by atoms with Gasteiger partial charge in [0.25, 0.3) is 0 Å². The number of rotatable bonds is 6. The van der Waals surface area contributed by atoms with Crippen LogP contribution in [0.1, 0.15) is 25.7 Å². The molecule has 0 saturated heterocycles. The van der Waals surface area contributed by atoms with Gasteiger partial charge in [0.1, 0.15) is 0 Å². The number of carbonyl (C=O) groups is 1. The Morgan fingerprint density at radius 2 is 1.93 bits per heavy atom. The zero-order valence-corrected chi connectivity index (χ0v) is 9.25. The first-order valence-electron chi connectivity index (χ1n) is 4.35. The Morgan fingerprint density at radius 3 is 2.43 bits per heavy atom. The highest BCUT2D eigenvalue weighted by Gasteiger charge is 2.25. The molecule has 0 aromatic carbocycles. The van der Waals surface area contributed by atoms with E-state index in [0.29, 0.717) is 24.7 Å². The van der Waals surface area contributed by atoms with Crippen LogP contribution < -0.4 is 5.32 Å². The zero-order valence-electron chi connectivity index (χ0n) is 7.66. The standard InChI is InChI=1S/C8H13BrF3NO/c9-5-3-7(14)13-6-2-1-4-8(10,11)12/h1-6H2,(H,13,14). The van der Waals surface area contributed by atoms with Crippen molar-refractivity contribution in [1.82, 2.24) is 5.32 Å². The molecular weight excluding hydrogens is 263 g/mol. The molecular formula is C8H13BrF3NO. The molecule has 1 amide bonds. The number of amides is 1. The molecule has 14 heavy (non-hydrogen) atoms. The third kappa shape index (κ3) is 9.83. The molecule has 0 aliphatic heterocycles. The molecule has 0 heterocycles. The van der Waals surface area contributed by atoms with Crippen molar-refractivity contribution < 1.29 is 18.0 Å². The smallest absolute Gasteiger partial charge is 0.356 e. The third-order valence-corrected chi connectivity index (χ3v) is 1.93. The molecule has 0 aliphatic rings. The summed E-state index contributed by atoms with van der Waals surface area (Å²) in [6.45, 7) is 0.321. The van der Waals surface area contributed by atoms with Crippen LogP contribution in [-0.4, -0.2) is 24.0 Å². The Bertz CT molecular complexity index is 172.